The zero-order chi connectivity index (χ0) is 17.0. The summed E-state index contributed by atoms with van der Waals surface area (Å²) in [6, 6.07) is 9.29. The average Bonchev–Trinajstić information content (AvgIpc) is 3.22. The average molecular weight is 350 g/mol. The van der Waals surface area contributed by atoms with Gasteiger partial charge in [0.2, 0.25) is 5.91 Å². The molecule has 0 atom stereocenters. The van der Waals surface area contributed by atoms with Crippen LogP contribution in [0.15, 0.2) is 36.5 Å². The monoisotopic (exact) mass is 350 g/mol. The molecule has 0 saturated heterocycles. The number of benzene rings is 2. The summed E-state index contributed by atoms with van der Waals surface area (Å²) in [5.74, 6) is 0.415. The van der Waals surface area contributed by atoms with E-state index in [0.29, 0.717) is 5.13 Å². The molecule has 1 amide bonds. The van der Waals surface area contributed by atoms with E-state index in [2.05, 4.69) is 20.5 Å². The third kappa shape index (κ3) is 2.44. The topological polar surface area (TPSA) is 90.9 Å². The molecule has 3 N–H and O–H groups in total. The van der Waals surface area contributed by atoms with Gasteiger partial charge >= 0.3 is 0 Å². The molecule has 0 radical (unpaired) electrons. The van der Waals surface area contributed by atoms with E-state index in [1.54, 1.807) is 18.3 Å². The molecule has 124 valence electrons. The van der Waals surface area contributed by atoms with E-state index in [0.717, 1.165) is 45.1 Å². The van der Waals surface area contributed by atoms with E-state index < -0.39 is 0 Å². The largest absolute Gasteiger partial charge is 0.507 e. The molecule has 4 aromatic rings. The predicted octanol–water partition coefficient (Wildman–Crippen LogP) is 3.89. The first-order valence-corrected chi connectivity index (χ1v) is 8.87. The highest BCUT2D eigenvalue weighted by Gasteiger charge is 2.30. The molecule has 6 nitrogen and oxygen atoms in total. The van der Waals surface area contributed by atoms with E-state index in [4.69, 9.17) is 0 Å². The van der Waals surface area contributed by atoms with Crippen LogP contribution in [0.4, 0.5) is 5.13 Å². The minimum Gasteiger partial charge on any atom is -0.507 e. The van der Waals surface area contributed by atoms with Crippen LogP contribution in [0.1, 0.15) is 12.8 Å². The van der Waals surface area contributed by atoms with Crippen molar-refractivity contribution in [2.24, 2.45) is 5.92 Å². The van der Waals surface area contributed by atoms with Crippen LogP contribution in [0.25, 0.3) is 32.2 Å². The molecule has 5 rings (SSSR count). The molecule has 2 aromatic carbocycles. The van der Waals surface area contributed by atoms with Crippen molar-refractivity contribution in [1.82, 2.24) is 15.2 Å². The number of rotatable bonds is 3. The summed E-state index contributed by atoms with van der Waals surface area (Å²) in [5.41, 5.74) is 3.33. The SMILES string of the molecule is O=C(Nc1nc2ccc(-c3c(O)ccc4[nH]ncc34)cc2s1)C1CC1. The van der Waals surface area contributed by atoms with Crippen LogP contribution in [0, 0.1) is 5.92 Å². The number of thiazole rings is 1. The Morgan fingerprint density at radius 1 is 1.28 bits per heavy atom. The second-order valence-corrected chi connectivity index (χ2v) is 7.29. The van der Waals surface area contributed by atoms with Gasteiger partial charge in [0.1, 0.15) is 5.75 Å². The van der Waals surface area contributed by atoms with Crippen molar-refractivity contribution in [2.45, 2.75) is 12.8 Å². The molecule has 0 aliphatic heterocycles. The molecule has 0 spiro atoms. The number of aromatic amines is 1. The van der Waals surface area contributed by atoms with Crippen LogP contribution in [0.2, 0.25) is 0 Å². The smallest absolute Gasteiger partial charge is 0.229 e. The van der Waals surface area contributed by atoms with Crippen LogP contribution in [-0.2, 0) is 4.79 Å². The van der Waals surface area contributed by atoms with E-state index in [1.165, 1.54) is 11.3 Å². The quantitative estimate of drug-likeness (QED) is 0.523. The first-order valence-electron chi connectivity index (χ1n) is 8.06. The zero-order valence-electron chi connectivity index (χ0n) is 13.1. The van der Waals surface area contributed by atoms with Crippen LogP contribution in [0.5, 0.6) is 5.75 Å². The summed E-state index contributed by atoms with van der Waals surface area (Å²) in [7, 11) is 0. The summed E-state index contributed by atoms with van der Waals surface area (Å²) in [6.07, 6.45) is 3.65. The Morgan fingerprint density at radius 2 is 2.16 bits per heavy atom. The van der Waals surface area contributed by atoms with Gasteiger partial charge in [0, 0.05) is 16.9 Å². The number of nitrogens with one attached hydrogen (secondary N) is 2. The lowest BCUT2D eigenvalue weighted by molar-refractivity contribution is -0.117. The van der Waals surface area contributed by atoms with Crippen molar-refractivity contribution in [3.8, 4) is 16.9 Å². The molecule has 0 bridgehead atoms. The van der Waals surface area contributed by atoms with Crippen molar-refractivity contribution >= 4 is 43.5 Å². The van der Waals surface area contributed by atoms with E-state index >= 15 is 0 Å². The number of fused-ring (bicyclic) bond motifs is 2. The number of phenols is 1. The summed E-state index contributed by atoms with van der Waals surface area (Å²) >= 11 is 1.44. The molecule has 1 aliphatic carbocycles. The summed E-state index contributed by atoms with van der Waals surface area (Å²) in [4.78, 5) is 16.4. The fourth-order valence-electron chi connectivity index (χ4n) is 3.00. The Hall–Kier alpha value is -2.93. The number of carbonyl (C=O) groups is 1. The number of hydrogen-bond acceptors (Lipinski definition) is 5. The second-order valence-electron chi connectivity index (χ2n) is 6.26. The Kier molecular flexibility index (Phi) is 3.05. The predicted molar refractivity (Wildman–Crippen MR) is 97.7 cm³/mol. The number of nitrogens with zero attached hydrogens (tertiary/aromatic N) is 2. The molecule has 2 aromatic heterocycles. The number of amides is 1. The van der Waals surface area contributed by atoms with Crippen molar-refractivity contribution < 1.29 is 9.90 Å². The Bertz CT molecular complexity index is 1130. The van der Waals surface area contributed by atoms with E-state index in [-0.39, 0.29) is 17.6 Å². The number of phenolic OH excluding ortho intramolecular Hbond substituents is 1. The van der Waals surface area contributed by atoms with Crippen LogP contribution in [-0.4, -0.2) is 26.2 Å². The fraction of sp³-hybridized carbons (Fsp3) is 0.167. The summed E-state index contributed by atoms with van der Waals surface area (Å²) < 4.78 is 0.962. The second kappa shape index (κ2) is 5.29. The number of H-pyrrole nitrogens is 1. The lowest BCUT2D eigenvalue weighted by Gasteiger charge is -2.06. The van der Waals surface area contributed by atoms with E-state index in [9.17, 15) is 9.90 Å². The van der Waals surface area contributed by atoms with Gasteiger partial charge in [-0.25, -0.2) is 4.98 Å². The normalized spacial score (nSPS) is 14.2. The van der Waals surface area contributed by atoms with Gasteiger partial charge < -0.3 is 10.4 Å². The molecular weight excluding hydrogens is 336 g/mol. The van der Waals surface area contributed by atoms with Crippen molar-refractivity contribution in [3.05, 3.63) is 36.5 Å². The summed E-state index contributed by atoms with van der Waals surface area (Å²) in [6.45, 7) is 0. The first kappa shape index (κ1) is 14.4. The molecule has 25 heavy (non-hydrogen) atoms. The van der Waals surface area contributed by atoms with Gasteiger partial charge in [-0.1, -0.05) is 17.4 Å². The summed E-state index contributed by atoms with van der Waals surface area (Å²) in [5, 5.41) is 21.7. The van der Waals surface area contributed by atoms with Gasteiger partial charge in [-0.2, -0.15) is 5.10 Å². The van der Waals surface area contributed by atoms with Gasteiger partial charge in [0.05, 0.1) is 21.9 Å². The number of aromatic nitrogens is 3. The maximum atomic E-state index is 11.9. The minimum atomic E-state index is 0.0556. The highest BCUT2D eigenvalue weighted by molar-refractivity contribution is 7.22. The molecular formula is C18H14N4O2S. The van der Waals surface area contributed by atoms with Crippen LogP contribution in [0.3, 0.4) is 0 Å². The van der Waals surface area contributed by atoms with Gasteiger partial charge in [0.25, 0.3) is 0 Å². The Balaban J connectivity index is 1.58. The minimum absolute atomic E-state index is 0.0556. The number of hydrogen-bond donors (Lipinski definition) is 3. The lowest BCUT2D eigenvalue weighted by atomic mass is 10.0. The first-order chi connectivity index (χ1) is 12.2. The molecule has 1 fully saturated rings. The molecule has 1 aliphatic rings. The Morgan fingerprint density at radius 3 is 3.00 bits per heavy atom. The maximum Gasteiger partial charge on any atom is 0.229 e. The Labute approximate surface area is 146 Å². The third-order valence-corrected chi connectivity index (χ3v) is 5.39. The molecule has 2 heterocycles. The van der Waals surface area contributed by atoms with Crippen molar-refractivity contribution in [1.29, 1.82) is 0 Å². The fourth-order valence-corrected chi connectivity index (χ4v) is 3.90. The van der Waals surface area contributed by atoms with Gasteiger partial charge in [-0.3, -0.25) is 9.89 Å². The molecule has 1 saturated carbocycles. The highest BCUT2D eigenvalue weighted by atomic mass is 32.1. The van der Waals surface area contributed by atoms with Gasteiger partial charge in [-0.05, 0) is 42.7 Å². The van der Waals surface area contributed by atoms with Crippen molar-refractivity contribution in [2.75, 3.05) is 5.32 Å². The molecule has 0 unspecified atom stereocenters. The van der Waals surface area contributed by atoms with Gasteiger partial charge in [-0.15, -0.1) is 0 Å². The van der Waals surface area contributed by atoms with Crippen LogP contribution < -0.4 is 5.32 Å². The number of carbonyl (C=O) groups excluding carboxylic acids is 1. The molecule has 7 heteroatoms. The standard InChI is InChI=1S/C18H14N4O2S/c23-14-6-5-12-11(8-19-22-12)16(14)10-3-4-13-15(7-10)25-18(20-13)21-17(24)9-1-2-9/h3-9,23H,1-2H2,(H,19,22)(H,20,21,24). The zero-order valence-corrected chi connectivity index (χ0v) is 13.9. The third-order valence-electron chi connectivity index (χ3n) is 4.46. The van der Waals surface area contributed by atoms with Crippen molar-refractivity contribution in [3.63, 3.8) is 0 Å². The van der Waals surface area contributed by atoms with Crippen LogP contribution >= 0.6 is 11.3 Å². The maximum absolute atomic E-state index is 11.9. The number of anilines is 1. The lowest BCUT2D eigenvalue weighted by Crippen LogP contribution is -2.12. The highest BCUT2D eigenvalue weighted by Crippen LogP contribution is 2.38. The van der Waals surface area contributed by atoms with Gasteiger partial charge in [0.15, 0.2) is 5.13 Å². The van der Waals surface area contributed by atoms with E-state index in [1.807, 2.05) is 18.2 Å². The number of aromatic hydroxyl groups is 1.